The summed E-state index contributed by atoms with van der Waals surface area (Å²) in [6, 6.07) is 10.6. The molecule has 3 rings (SSSR count). The van der Waals surface area contributed by atoms with Crippen LogP contribution in [-0.4, -0.2) is 22.1 Å². The Bertz CT molecular complexity index is 1030. The predicted octanol–water partition coefficient (Wildman–Crippen LogP) is 4.47. The Morgan fingerprint density at radius 3 is 2.68 bits per heavy atom. The summed E-state index contributed by atoms with van der Waals surface area (Å²) >= 11 is 6.05. The molecule has 3 aromatic rings. The highest BCUT2D eigenvalue weighted by molar-refractivity contribution is 6.31. The number of aromatic carboxylic acids is 1. The van der Waals surface area contributed by atoms with Gasteiger partial charge < -0.3 is 19.7 Å². The van der Waals surface area contributed by atoms with Crippen LogP contribution in [0.25, 0.3) is 0 Å². The zero-order chi connectivity index (χ0) is 20.3. The summed E-state index contributed by atoms with van der Waals surface area (Å²) in [6.07, 6.45) is 0. The van der Waals surface area contributed by atoms with Crippen LogP contribution in [0.15, 0.2) is 47.0 Å². The minimum absolute atomic E-state index is 0.0730. The molecule has 1 heterocycles. The van der Waals surface area contributed by atoms with E-state index in [0.29, 0.717) is 27.9 Å². The van der Waals surface area contributed by atoms with E-state index in [1.165, 1.54) is 12.1 Å². The van der Waals surface area contributed by atoms with Gasteiger partial charge in [-0.15, -0.1) is 0 Å². The van der Waals surface area contributed by atoms with Gasteiger partial charge >= 0.3 is 5.97 Å². The molecule has 0 atom stereocenters. The zero-order valence-electron chi connectivity index (χ0n) is 15.2. The van der Waals surface area contributed by atoms with Gasteiger partial charge in [0, 0.05) is 10.7 Å². The third-order valence-electron chi connectivity index (χ3n) is 4.11. The fraction of sp³-hybridized carbons (Fsp3) is 0.150. The van der Waals surface area contributed by atoms with Crippen molar-refractivity contribution < 1.29 is 24.0 Å². The van der Waals surface area contributed by atoms with E-state index in [4.69, 9.17) is 26.0 Å². The third-order valence-corrected chi connectivity index (χ3v) is 4.34. The molecule has 1 amide bonds. The summed E-state index contributed by atoms with van der Waals surface area (Å²) in [5.41, 5.74) is 2.19. The van der Waals surface area contributed by atoms with Gasteiger partial charge in [0.2, 0.25) is 0 Å². The average molecular weight is 401 g/mol. The Balaban J connectivity index is 1.82. The van der Waals surface area contributed by atoms with Crippen molar-refractivity contribution in [1.29, 1.82) is 0 Å². The second-order valence-electron chi connectivity index (χ2n) is 6.07. The number of carboxylic acid groups (broad SMARTS) is 1. The van der Waals surface area contributed by atoms with E-state index in [9.17, 15) is 9.59 Å². The van der Waals surface area contributed by atoms with Gasteiger partial charge in [-0.25, -0.2) is 4.79 Å². The molecule has 2 aromatic carbocycles. The molecule has 0 radical (unpaired) electrons. The summed E-state index contributed by atoms with van der Waals surface area (Å²) in [7, 11) is 0. The topological polar surface area (TPSA) is 102 Å². The standard InChI is InChI=1S/C20H17ClN2O5/c1-11-17(12(2)28-23-11)10-27-18-9-14(21)6-7-16(18)19(24)22-15-5-3-4-13(8-15)20(25)26/h3-9H,10H2,1-2H3,(H,22,24)(H,25,26). The Kier molecular flexibility index (Phi) is 5.65. The van der Waals surface area contributed by atoms with Crippen LogP contribution in [0.1, 0.15) is 37.7 Å². The number of aromatic nitrogens is 1. The zero-order valence-corrected chi connectivity index (χ0v) is 15.9. The lowest BCUT2D eigenvalue weighted by molar-refractivity contribution is 0.0696. The van der Waals surface area contributed by atoms with Crippen LogP contribution >= 0.6 is 11.6 Å². The molecule has 0 aliphatic heterocycles. The number of hydrogen-bond acceptors (Lipinski definition) is 5. The van der Waals surface area contributed by atoms with Crippen LogP contribution in [0.4, 0.5) is 5.69 Å². The molecular formula is C20H17ClN2O5. The number of aryl methyl sites for hydroxylation is 2. The predicted molar refractivity (Wildman–Crippen MR) is 103 cm³/mol. The highest BCUT2D eigenvalue weighted by Gasteiger charge is 2.16. The molecule has 8 heteroatoms. The molecule has 7 nitrogen and oxygen atoms in total. The monoisotopic (exact) mass is 400 g/mol. The number of nitrogens with one attached hydrogen (secondary N) is 1. The minimum Gasteiger partial charge on any atom is -0.488 e. The number of carbonyl (C=O) groups is 2. The van der Waals surface area contributed by atoms with Crippen LogP contribution in [-0.2, 0) is 6.61 Å². The Labute approximate surface area is 165 Å². The largest absolute Gasteiger partial charge is 0.488 e. The molecule has 0 spiro atoms. The average Bonchev–Trinajstić information content (AvgIpc) is 2.98. The first-order chi connectivity index (χ1) is 13.3. The smallest absolute Gasteiger partial charge is 0.335 e. The lowest BCUT2D eigenvalue weighted by atomic mass is 10.1. The molecule has 1 aromatic heterocycles. The van der Waals surface area contributed by atoms with Gasteiger partial charge in [-0.1, -0.05) is 22.8 Å². The molecule has 0 saturated carbocycles. The highest BCUT2D eigenvalue weighted by Crippen LogP contribution is 2.26. The van der Waals surface area contributed by atoms with Crippen LogP contribution in [0.2, 0.25) is 5.02 Å². The molecular weight excluding hydrogens is 384 g/mol. The summed E-state index contributed by atoms with van der Waals surface area (Å²) in [6.45, 7) is 3.74. The molecule has 2 N–H and O–H groups in total. The molecule has 0 aliphatic carbocycles. The lowest BCUT2D eigenvalue weighted by Crippen LogP contribution is -2.14. The van der Waals surface area contributed by atoms with E-state index in [2.05, 4.69) is 10.5 Å². The number of rotatable bonds is 6. The van der Waals surface area contributed by atoms with Crippen molar-refractivity contribution in [2.75, 3.05) is 5.32 Å². The van der Waals surface area contributed by atoms with E-state index < -0.39 is 11.9 Å². The van der Waals surface area contributed by atoms with Gasteiger partial charge in [-0.2, -0.15) is 0 Å². The normalized spacial score (nSPS) is 10.5. The quantitative estimate of drug-likeness (QED) is 0.632. The van der Waals surface area contributed by atoms with Gasteiger partial charge in [0.25, 0.3) is 5.91 Å². The van der Waals surface area contributed by atoms with Crippen LogP contribution in [0.5, 0.6) is 5.75 Å². The van der Waals surface area contributed by atoms with Crippen molar-refractivity contribution in [3.05, 3.63) is 75.6 Å². The van der Waals surface area contributed by atoms with Gasteiger partial charge in [-0.3, -0.25) is 4.79 Å². The van der Waals surface area contributed by atoms with Gasteiger partial charge in [0.05, 0.1) is 22.4 Å². The Hall–Kier alpha value is -3.32. The maximum atomic E-state index is 12.7. The van der Waals surface area contributed by atoms with Crippen molar-refractivity contribution in [3.63, 3.8) is 0 Å². The van der Waals surface area contributed by atoms with Crippen molar-refractivity contribution >= 4 is 29.2 Å². The molecule has 0 saturated heterocycles. The molecule has 0 aliphatic rings. The number of hydrogen-bond donors (Lipinski definition) is 2. The minimum atomic E-state index is -1.08. The van der Waals surface area contributed by atoms with Crippen LogP contribution < -0.4 is 10.1 Å². The second-order valence-corrected chi connectivity index (χ2v) is 6.51. The fourth-order valence-corrected chi connectivity index (χ4v) is 2.75. The van der Waals surface area contributed by atoms with E-state index in [1.807, 2.05) is 0 Å². The number of ether oxygens (including phenoxy) is 1. The van der Waals surface area contributed by atoms with Crippen LogP contribution in [0.3, 0.4) is 0 Å². The van der Waals surface area contributed by atoms with Crippen molar-refractivity contribution in [1.82, 2.24) is 5.16 Å². The van der Waals surface area contributed by atoms with Gasteiger partial charge in [0.15, 0.2) is 0 Å². The summed E-state index contributed by atoms with van der Waals surface area (Å²) in [4.78, 5) is 23.8. The van der Waals surface area contributed by atoms with E-state index in [-0.39, 0.29) is 17.7 Å². The van der Waals surface area contributed by atoms with Crippen molar-refractivity contribution in [2.24, 2.45) is 0 Å². The summed E-state index contributed by atoms with van der Waals surface area (Å²) in [5, 5.41) is 16.0. The first-order valence-electron chi connectivity index (χ1n) is 8.34. The molecule has 28 heavy (non-hydrogen) atoms. The fourth-order valence-electron chi connectivity index (χ4n) is 2.59. The first kappa shape index (κ1) is 19.4. The molecule has 144 valence electrons. The number of anilines is 1. The van der Waals surface area contributed by atoms with E-state index >= 15 is 0 Å². The lowest BCUT2D eigenvalue weighted by Gasteiger charge is -2.12. The van der Waals surface area contributed by atoms with Gasteiger partial charge in [0.1, 0.15) is 18.1 Å². The first-order valence-corrected chi connectivity index (χ1v) is 8.71. The van der Waals surface area contributed by atoms with E-state index in [0.717, 1.165) is 5.56 Å². The van der Waals surface area contributed by atoms with Gasteiger partial charge in [-0.05, 0) is 50.2 Å². The maximum Gasteiger partial charge on any atom is 0.335 e. The maximum absolute atomic E-state index is 12.7. The Morgan fingerprint density at radius 2 is 2.00 bits per heavy atom. The number of amides is 1. The summed E-state index contributed by atoms with van der Waals surface area (Å²) < 4.78 is 10.9. The second kappa shape index (κ2) is 8.14. The van der Waals surface area contributed by atoms with Crippen LogP contribution in [0, 0.1) is 13.8 Å². The third kappa shape index (κ3) is 4.32. The number of benzene rings is 2. The number of nitrogens with zero attached hydrogens (tertiary/aromatic N) is 1. The number of carboxylic acids is 1. The number of carbonyl (C=O) groups excluding carboxylic acids is 1. The number of halogens is 1. The highest BCUT2D eigenvalue weighted by atomic mass is 35.5. The molecule has 0 unspecified atom stereocenters. The van der Waals surface area contributed by atoms with E-state index in [1.54, 1.807) is 44.2 Å². The Morgan fingerprint density at radius 1 is 1.21 bits per heavy atom. The van der Waals surface area contributed by atoms with Crippen molar-refractivity contribution in [2.45, 2.75) is 20.5 Å². The van der Waals surface area contributed by atoms with Crippen molar-refractivity contribution in [3.8, 4) is 5.75 Å². The molecule has 0 fully saturated rings. The SMILES string of the molecule is Cc1noc(C)c1COc1cc(Cl)ccc1C(=O)Nc1cccc(C(=O)O)c1. The summed E-state index contributed by atoms with van der Waals surface area (Å²) in [5.74, 6) is -0.602. The molecule has 0 bridgehead atoms.